The molecule has 0 saturated carbocycles. The molecule has 0 atom stereocenters. The quantitative estimate of drug-likeness (QED) is 0.862. The fraction of sp³-hybridized carbons (Fsp3) is 0.111. The Morgan fingerprint density at radius 3 is 2.23 bits per heavy atom. The lowest BCUT2D eigenvalue weighted by Crippen LogP contribution is -1.97. The number of hydrogen-bond acceptors (Lipinski definition) is 3. The number of hydrogen-bond donors (Lipinski definition) is 1. The van der Waals surface area contributed by atoms with Crippen LogP contribution in [-0.4, -0.2) is 14.7 Å². The van der Waals surface area contributed by atoms with Gasteiger partial charge in [-0.15, -0.1) is 0 Å². The molecule has 2 aromatic carbocycles. The molecule has 4 heteroatoms. The summed E-state index contributed by atoms with van der Waals surface area (Å²) >= 11 is 0. The van der Waals surface area contributed by atoms with Crippen molar-refractivity contribution >= 4 is 15.4 Å². The largest absolute Gasteiger partial charge is 0.404 e. The third kappa shape index (κ3) is 4.33. The molecule has 0 bridgehead atoms. The van der Waals surface area contributed by atoms with Gasteiger partial charge in [-0.3, -0.25) is 0 Å². The van der Waals surface area contributed by atoms with Crippen molar-refractivity contribution in [3.05, 3.63) is 84.1 Å². The SMILES string of the molecule is CS(=O)(=O)c1ccc(C(/C=C\Cc2ccccc2)=C/N)cc1. The summed E-state index contributed by atoms with van der Waals surface area (Å²) in [7, 11) is -3.17. The second-order valence-electron chi connectivity index (χ2n) is 5.01. The minimum atomic E-state index is -3.17. The van der Waals surface area contributed by atoms with Gasteiger partial charge in [0.25, 0.3) is 0 Å². The average molecular weight is 313 g/mol. The fourth-order valence-electron chi connectivity index (χ4n) is 2.08. The molecule has 0 spiro atoms. The Labute approximate surface area is 131 Å². The topological polar surface area (TPSA) is 60.2 Å². The lowest BCUT2D eigenvalue weighted by Gasteiger charge is -2.04. The van der Waals surface area contributed by atoms with Gasteiger partial charge >= 0.3 is 0 Å². The first-order chi connectivity index (χ1) is 10.5. The third-order valence-electron chi connectivity index (χ3n) is 3.29. The minimum Gasteiger partial charge on any atom is -0.404 e. The van der Waals surface area contributed by atoms with Crippen molar-refractivity contribution in [3.63, 3.8) is 0 Å². The number of nitrogens with two attached hydrogens (primary N) is 1. The van der Waals surface area contributed by atoms with Gasteiger partial charge in [-0.05, 0) is 35.3 Å². The molecule has 0 aliphatic heterocycles. The summed E-state index contributed by atoms with van der Waals surface area (Å²) in [5.41, 5.74) is 8.65. The molecule has 0 unspecified atom stereocenters. The van der Waals surface area contributed by atoms with E-state index in [9.17, 15) is 8.42 Å². The Morgan fingerprint density at radius 2 is 1.68 bits per heavy atom. The summed E-state index contributed by atoms with van der Waals surface area (Å²) < 4.78 is 22.9. The second-order valence-corrected chi connectivity index (χ2v) is 7.03. The molecule has 3 nitrogen and oxygen atoms in total. The van der Waals surface area contributed by atoms with E-state index < -0.39 is 9.84 Å². The summed E-state index contributed by atoms with van der Waals surface area (Å²) in [6.07, 6.45) is 7.53. The Kier molecular flexibility index (Phi) is 5.17. The zero-order chi connectivity index (χ0) is 16.0. The molecular weight excluding hydrogens is 294 g/mol. The molecule has 22 heavy (non-hydrogen) atoms. The van der Waals surface area contributed by atoms with Crippen molar-refractivity contribution in [1.29, 1.82) is 0 Å². The van der Waals surface area contributed by atoms with E-state index in [2.05, 4.69) is 12.1 Å². The monoisotopic (exact) mass is 313 g/mol. The van der Waals surface area contributed by atoms with Crippen LogP contribution in [0.2, 0.25) is 0 Å². The van der Waals surface area contributed by atoms with Crippen molar-refractivity contribution in [2.45, 2.75) is 11.3 Å². The number of rotatable bonds is 5. The predicted octanol–water partition coefficient (Wildman–Crippen LogP) is 3.19. The van der Waals surface area contributed by atoms with E-state index in [0.29, 0.717) is 4.90 Å². The zero-order valence-corrected chi connectivity index (χ0v) is 13.3. The molecule has 0 aliphatic rings. The van der Waals surface area contributed by atoms with Gasteiger partial charge in [0.2, 0.25) is 0 Å². The van der Waals surface area contributed by atoms with Gasteiger partial charge in [0.15, 0.2) is 9.84 Å². The summed E-state index contributed by atoms with van der Waals surface area (Å²) in [5.74, 6) is 0. The van der Waals surface area contributed by atoms with E-state index in [1.165, 1.54) is 18.0 Å². The maximum absolute atomic E-state index is 11.5. The van der Waals surface area contributed by atoms with Gasteiger partial charge in [-0.2, -0.15) is 0 Å². The maximum Gasteiger partial charge on any atom is 0.175 e. The molecule has 0 heterocycles. The van der Waals surface area contributed by atoms with E-state index in [4.69, 9.17) is 5.73 Å². The van der Waals surface area contributed by atoms with Gasteiger partial charge in [0.05, 0.1) is 4.90 Å². The molecular formula is C18H19NO2S. The van der Waals surface area contributed by atoms with Gasteiger partial charge in [0, 0.05) is 12.5 Å². The molecule has 0 aliphatic carbocycles. The Hall–Kier alpha value is -2.33. The molecule has 2 aromatic rings. The van der Waals surface area contributed by atoms with Crippen LogP contribution in [0.4, 0.5) is 0 Å². The van der Waals surface area contributed by atoms with Gasteiger partial charge < -0.3 is 5.73 Å². The molecule has 0 fully saturated rings. The highest BCUT2D eigenvalue weighted by atomic mass is 32.2. The number of allylic oxidation sites excluding steroid dienone is 3. The Bertz CT molecular complexity index is 774. The number of benzene rings is 2. The lowest BCUT2D eigenvalue weighted by molar-refractivity contribution is 0.602. The molecule has 0 saturated heterocycles. The van der Waals surface area contributed by atoms with Crippen molar-refractivity contribution in [1.82, 2.24) is 0 Å². The Balaban J connectivity index is 2.12. The average Bonchev–Trinajstić information content (AvgIpc) is 2.52. The van der Waals surface area contributed by atoms with E-state index in [0.717, 1.165) is 17.6 Å². The Morgan fingerprint density at radius 1 is 1.05 bits per heavy atom. The standard InChI is InChI=1S/C18H19NO2S/c1-22(20,21)18-12-10-16(11-13-18)17(14-19)9-5-8-15-6-3-2-4-7-15/h2-7,9-14H,8,19H2,1H3/b9-5-,17-14+. The zero-order valence-electron chi connectivity index (χ0n) is 12.4. The third-order valence-corrected chi connectivity index (χ3v) is 4.42. The smallest absolute Gasteiger partial charge is 0.175 e. The van der Waals surface area contributed by atoms with Crippen molar-refractivity contribution < 1.29 is 8.42 Å². The summed E-state index contributed by atoms with van der Waals surface area (Å²) in [6.45, 7) is 0. The van der Waals surface area contributed by atoms with Crippen molar-refractivity contribution in [2.24, 2.45) is 5.73 Å². The highest BCUT2D eigenvalue weighted by Crippen LogP contribution is 2.18. The number of sulfone groups is 1. The van der Waals surface area contributed by atoms with Gasteiger partial charge in [-0.1, -0.05) is 54.6 Å². The van der Waals surface area contributed by atoms with Gasteiger partial charge in [0.1, 0.15) is 0 Å². The van der Waals surface area contributed by atoms with E-state index in [1.807, 2.05) is 30.4 Å². The van der Waals surface area contributed by atoms with Gasteiger partial charge in [-0.25, -0.2) is 8.42 Å². The van der Waals surface area contributed by atoms with Crippen LogP contribution in [-0.2, 0) is 16.3 Å². The van der Waals surface area contributed by atoms with E-state index in [-0.39, 0.29) is 0 Å². The fourth-order valence-corrected chi connectivity index (χ4v) is 2.71. The van der Waals surface area contributed by atoms with Crippen LogP contribution < -0.4 is 5.73 Å². The lowest BCUT2D eigenvalue weighted by atomic mass is 10.1. The highest BCUT2D eigenvalue weighted by molar-refractivity contribution is 7.90. The predicted molar refractivity (Wildman–Crippen MR) is 91.0 cm³/mol. The van der Waals surface area contributed by atoms with Crippen LogP contribution in [0.15, 0.2) is 77.8 Å². The molecule has 2 rings (SSSR count). The minimum absolute atomic E-state index is 0.306. The van der Waals surface area contributed by atoms with Crippen LogP contribution in [0.5, 0.6) is 0 Å². The maximum atomic E-state index is 11.5. The normalized spacial score (nSPS) is 12.7. The van der Waals surface area contributed by atoms with Crippen LogP contribution in [0.25, 0.3) is 5.57 Å². The first-order valence-corrected chi connectivity index (χ1v) is 8.82. The summed E-state index contributed by atoms with van der Waals surface area (Å²) in [6, 6.07) is 16.9. The second kappa shape index (κ2) is 7.09. The summed E-state index contributed by atoms with van der Waals surface area (Å²) in [4.78, 5) is 0.306. The van der Waals surface area contributed by atoms with Crippen LogP contribution in [0.3, 0.4) is 0 Å². The first kappa shape index (κ1) is 16.0. The molecule has 114 valence electrons. The van der Waals surface area contributed by atoms with Crippen molar-refractivity contribution in [2.75, 3.05) is 6.26 Å². The van der Waals surface area contributed by atoms with E-state index >= 15 is 0 Å². The summed E-state index contributed by atoms with van der Waals surface area (Å²) in [5, 5.41) is 0. The molecule has 2 N–H and O–H groups in total. The van der Waals surface area contributed by atoms with Crippen LogP contribution in [0.1, 0.15) is 11.1 Å². The van der Waals surface area contributed by atoms with Crippen LogP contribution in [0, 0.1) is 0 Å². The van der Waals surface area contributed by atoms with Crippen LogP contribution >= 0.6 is 0 Å². The van der Waals surface area contributed by atoms with Crippen molar-refractivity contribution in [3.8, 4) is 0 Å². The van der Waals surface area contributed by atoms with E-state index in [1.54, 1.807) is 24.3 Å². The molecule has 0 radical (unpaired) electrons. The highest BCUT2D eigenvalue weighted by Gasteiger charge is 2.06. The first-order valence-electron chi connectivity index (χ1n) is 6.93. The molecule has 0 amide bonds. The molecule has 0 aromatic heterocycles.